The number of ether oxygens (including phenoxy) is 1. The summed E-state index contributed by atoms with van der Waals surface area (Å²) in [4.78, 5) is 12.0. The van der Waals surface area contributed by atoms with Crippen LogP contribution in [-0.2, 0) is 4.74 Å². The second kappa shape index (κ2) is 6.95. The molecule has 0 aromatic heterocycles. The third-order valence-corrected chi connectivity index (χ3v) is 4.46. The third-order valence-electron chi connectivity index (χ3n) is 4.46. The number of rotatable bonds is 4. The SMILES string of the molecule is CC1=CCCC(C)(C)C1/C=C/C(C)OC(=O)c1ccccc1. The van der Waals surface area contributed by atoms with Gasteiger partial charge in [0.25, 0.3) is 0 Å². The molecule has 0 bridgehead atoms. The van der Waals surface area contributed by atoms with E-state index in [1.807, 2.05) is 31.2 Å². The van der Waals surface area contributed by atoms with Gasteiger partial charge in [-0.25, -0.2) is 4.79 Å². The maximum Gasteiger partial charge on any atom is 0.338 e. The second-order valence-corrected chi connectivity index (χ2v) is 6.81. The first-order chi connectivity index (χ1) is 10.4. The van der Waals surface area contributed by atoms with E-state index in [1.54, 1.807) is 12.1 Å². The summed E-state index contributed by atoms with van der Waals surface area (Å²) in [6, 6.07) is 9.12. The van der Waals surface area contributed by atoms with Crippen LogP contribution in [0.5, 0.6) is 0 Å². The van der Waals surface area contributed by atoms with Crippen LogP contribution in [0.15, 0.2) is 54.1 Å². The second-order valence-electron chi connectivity index (χ2n) is 6.81. The molecular weight excluding hydrogens is 272 g/mol. The van der Waals surface area contributed by atoms with Gasteiger partial charge in [0.2, 0.25) is 0 Å². The van der Waals surface area contributed by atoms with E-state index in [1.165, 1.54) is 12.0 Å². The van der Waals surface area contributed by atoms with Gasteiger partial charge in [0.1, 0.15) is 6.10 Å². The van der Waals surface area contributed by atoms with Crippen molar-refractivity contribution < 1.29 is 9.53 Å². The Labute approximate surface area is 133 Å². The summed E-state index contributed by atoms with van der Waals surface area (Å²) in [5, 5.41) is 0. The molecule has 2 atom stereocenters. The summed E-state index contributed by atoms with van der Waals surface area (Å²) >= 11 is 0. The molecule has 2 heteroatoms. The van der Waals surface area contributed by atoms with E-state index >= 15 is 0 Å². The molecular formula is C20H26O2. The number of benzene rings is 1. The zero-order chi connectivity index (χ0) is 16.2. The lowest BCUT2D eigenvalue weighted by atomic mass is 9.68. The van der Waals surface area contributed by atoms with E-state index in [0.717, 1.165) is 6.42 Å². The van der Waals surface area contributed by atoms with E-state index in [4.69, 9.17) is 4.74 Å². The van der Waals surface area contributed by atoms with Crippen LogP contribution < -0.4 is 0 Å². The number of allylic oxidation sites excluding steroid dienone is 3. The zero-order valence-corrected chi connectivity index (χ0v) is 14.0. The molecule has 1 aliphatic rings. The van der Waals surface area contributed by atoms with Gasteiger partial charge >= 0.3 is 5.97 Å². The minimum atomic E-state index is -0.270. The topological polar surface area (TPSA) is 26.3 Å². The van der Waals surface area contributed by atoms with Crippen molar-refractivity contribution in [3.05, 3.63) is 59.7 Å². The fraction of sp³-hybridized carbons (Fsp3) is 0.450. The normalized spacial score (nSPS) is 22.2. The minimum absolute atomic E-state index is 0.224. The highest BCUT2D eigenvalue weighted by atomic mass is 16.5. The van der Waals surface area contributed by atoms with E-state index in [2.05, 4.69) is 32.9 Å². The van der Waals surface area contributed by atoms with Crippen LogP contribution in [0.1, 0.15) is 50.9 Å². The van der Waals surface area contributed by atoms with Gasteiger partial charge in [0, 0.05) is 5.92 Å². The average Bonchev–Trinajstić information content (AvgIpc) is 2.47. The average molecular weight is 298 g/mol. The van der Waals surface area contributed by atoms with E-state index in [0.29, 0.717) is 11.5 Å². The third kappa shape index (κ3) is 4.09. The van der Waals surface area contributed by atoms with Gasteiger partial charge in [-0.1, -0.05) is 49.8 Å². The molecule has 0 aliphatic heterocycles. The van der Waals surface area contributed by atoms with Crippen molar-refractivity contribution in [2.45, 2.75) is 46.6 Å². The highest BCUT2D eigenvalue weighted by Gasteiger charge is 2.30. The quantitative estimate of drug-likeness (QED) is 0.566. The molecule has 0 fully saturated rings. The van der Waals surface area contributed by atoms with Crippen LogP contribution in [-0.4, -0.2) is 12.1 Å². The first kappa shape index (κ1) is 16.5. The van der Waals surface area contributed by atoms with Crippen molar-refractivity contribution in [3.8, 4) is 0 Å². The Balaban J connectivity index is 1.99. The number of carbonyl (C=O) groups is 1. The van der Waals surface area contributed by atoms with Crippen molar-refractivity contribution in [1.82, 2.24) is 0 Å². The van der Waals surface area contributed by atoms with E-state index < -0.39 is 0 Å². The summed E-state index contributed by atoms with van der Waals surface area (Å²) in [5.41, 5.74) is 2.27. The van der Waals surface area contributed by atoms with E-state index in [-0.39, 0.29) is 17.5 Å². The standard InChI is InChI=1S/C20H26O2/c1-15-9-8-14-20(3,4)18(15)13-12-16(2)22-19(21)17-10-6-5-7-11-17/h5-7,9-13,16,18H,8,14H2,1-4H3/b13-12+. The molecule has 2 rings (SSSR count). The molecule has 118 valence electrons. The van der Waals surface area contributed by atoms with Crippen LogP contribution in [0.2, 0.25) is 0 Å². The Morgan fingerprint density at radius 1 is 1.32 bits per heavy atom. The zero-order valence-electron chi connectivity index (χ0n) is 14.0. The Morgan fingerprint density at radius 2 is 2.00 bits per heavy atom. The van der Waals surface area contributed by atoms with E-state index in [9.17, 15) is 4.79 Å². The highest BCUT2D eigenvalue weighted by molar-refractivity contribution is 5.89. The van der Waals surface area contributed by atoms with Crippen molar-refractivity contribution in [2.24, 2.45) is 11.3 Å². The first-order valence-electron chi connectivity index (χ1n) is 8.01. The van der Waals surface area contributed by atoms with Crippen molar-refractivity contribution in [3.63, 3.8) is 0 Å². The van der Waals surface area contributed by atoms with Gasteiger partial charge in [-0.3, -0.25) is 0 Å². The molecule has 0 heterocycles. The van der Waals surface area contributed by atoms with Crippen molar-refractivity contribution in [2.75, 3.05) is 0 Å². The Morgan fingerprint density at radius 3 is 2.64 bits per heavy atom. The molecule has 0 radical (unpaired) electrons. The van der Waals surface area contributed by atoms with Crippen molar-refractivity contribution >= 4 is 5.97 Å². The molecule has 1 aliphatic carbocycles. The number of hydrogen-bond acceptors (Lipinski definition) is 2. The molecule has 0 spiro atoms. The number of hydrogen-bond donors (Lipinski definition) is 0. The van der Waals surface area contributed by atoms with Crippen LogP contribution in [0.4, 0.5) is 0 Å². The lowest BCUT2D eigenvalue weighted by molar-refractivity contribution is 0.0423. The van der Waals surface area contributed by atoms with Gasteiger partial charge in [-0.15, -0.1) is 0 Å². The van der Waals surface area contributed by atoms with Crippen LogP contribution in [0.3, 0.4) is 0 Å². The van der Waals surface area contributed by atoms with Gasteiger partial charge in [0.15, 0.2) is 0 Å². The molecule has 0 saturated heterocycles. The Bertz CT molecular complexity index is 567. The molecule has 0 N–H and O–H groups in total. The smallest absolute Gasteiger partial charge is 0.338 e. The first-order valence-corrected chi connectivity index (χ1v) is 8.01. The Kier molecular flexibility index (Phi) is 5.23. The number of esters is 1. The molecule has 2 nitrogen and oxygen atoms in total. The minimum Gasteiger partial charge on any atom is -0.455 e. The van der Waals surface area contributed by atoms with Gasteiger partial charge < -0.3 is 4.74 Å². The molecule has 0 amide bonds. The molecule has 2 unspecified atom stereocenters. The predicted molar refractivity (Wildman–Crippen MR) is 90.7 cm³/mol. The Hall–Kier alpha value is -1.83. The number of carbonyl (C=O) groups excluding carboxylic acids is 1. The molecule has 1 aromatic carbocycles. The van der Waals surface area contributed by atoms with Gasteiger partial charge in [-0.05, 0) is 50.3 Å². The monoisotopic (exact) mass is 298 g/mol. The summed E-state index contributed by atoms with van der Waals surface area (Å²) in [6.45, 7) is 8.71. The maximum atomic E-state index is 12.0. The van der Waals surface area contributed by atoms with Crippen LogP contribution in [0, 0.1) is 11.3 Å². The maximum absolute atomic E-state index is 12.0. The fourth-order valence-corrected chi connectivity index (χ4v) is 3.10. The lowest BCUT2D eigenvalue weighted by Gasteiger charge is -2.36. The highest BCUT2D eigenvalue weighted by Crippen LogP contribution is 2.41. The van der Waals surface area contributed by atoms with Crippen LogP contribution >= 0.6 is 0 Å². The van der Waals surface area contributed by atoms with Crippen molar-refractivity contribution in [1.29, 1.82) is 0 Å². The molecule has 22 heavy (non-hydrogen) atoms. The van der Waals surface area contributed by atoms with Gasteiger partial charge in [0.05, 0.1) is 5.56 Å². The van der Waals surface area contributed by atoms with Gasteiger partial charge in [-0.2, -0.15) is 0 Å². The predicted octanol–water partition coefficient (Wildman–Crippen LogP) is 5.17. The summed E-state index contributed by atoms with van der Waals surface area (Å²) < 4.78 is 5.49. The fourth-order valence-electron chi connectivity index (χ4n) is 3.10. The largest absolute Gasteiger partial charge is 0.455 e. The summed E-state index contributed by atoms with van der Waals surface area (Å²) in [7, 11) is 0. The van der Waals surface area contributed by atoms with Crippen LogP contribution in [0.25, 0.3) is 0 Å². The molecule has 1 aromatic rings. The summed E-state index contributed by atoms with van der Waals surface area (Å²) in [5.74, 6) is 0.145. The molecule has 0 saturated carbocycles. The summed E-state index contributed by atoms with van der Waals surface area (Å²) in [6.07, 6.45) is 8.66. The lowest BCUT2D eigenvalue weighted by Crippen LogP contribution is -2.26.